The van der Waals surface area contributed by atoms with Gasteiger partial charge in [0, 0.05) is 6.42 Å². The summed E-state index contributed by atoms with van der Waals surface area (Å²) in [5.74, 6) is 2.64. The lowest BCUT2D eigenvalue weighted by atomic mass is 10.2. The SMILES string of the molecule is CCc1noc(CSc2nnnn2Cc2ccc(OC)cc2)n1. The van der Waals surface area contributed by atoms with Gasteiger partial charge in [-0.05, 0) is 28.1 Å². The van der Waals surface area contributed by atoms with Gasteiger partial charge in [0.15, 0.2) is 5.82 Å². The molecular formula is C14H16N6O2S. The minimum Gasteiger partial charge on any atom is -0.497 e. The zero-order chi connectivity index (χ0) is 16.1. The Morgan fingerprint density at radius 2 is 2.09 bits per heavy atom. The maximum absolute atomic E-state index is 5.16. The Hall–Kier alpha value is -2.42. The second-order valence-electron chi connectivity index (χ2n) is 4.71. The molecule has 1 aromatic carbocycles. The second-order valence-corrected chi connectivity index (χ2v) is 5.66. The van der Waals surface area contributed by atoms with Crippen LogP contribution in [-0.4, -0.2) is 37.5 Å². The van der Waals surface area contributed by atoms with E-state index >= 15 is 0 Å². The number of methoxy groups -OCH3 is 1. The summed E-state index contributed by atoms with van der Waals surface area (Å²) in [6.07, 6.45) is 0.753. The topological polar surface area (TPSA) is 91.8 Å². The Morgan fingerprint density at radius 3 is 2.78 bits per heavy atom. The fraction of sp³-hybridized carbons (Fsp3) is 0.357. The van der Waals surface area contributed by atoms with Crippen LogP contribution in [0.4, 0.5) is 0 Å². The van der Waals surface area contributed by atoms with Gasteiger partial charge in [-0.3, -0.25) is 0 Å². The minimum atomic E-state index is 0.538. The molecule has 0 unspecified atom stereocenters. The Bertz CT molecular complexity index is 755. The molecule has 3 rings (SSSR count). The van der Waals surface area contributed by atoms with E-state index in [1.165, 1.54) is 11.8 Å². The molecule has 0 atom stereocenters. The number of benzene rings is 1. The third kappa shape index (κ3) is 3.86. The summed E-state index contributed by atoms with van der Waals surface area (Å²) in [5, 5.41) is 16.4. The minimum absolute atomic E-state index is 0.538. The maximum Gasteiger partial charge on any atom is 0.237 e. The van der Waals surface area contributed by atoms with E-state index in [1.807, 2.05) is 31.2 Å². The molecule has 0 amide bonds. The first kappa shape index (κ1) is 15.5. The lowest BCUT2D eigenvalue weighted by molar-refractivity contribution is 0.385. The highest BCUT2D eigenvalue weighted by atomic mass is 32.2. The number of rotatable bonds is 7. The average molecular weight is 332 g/mol. The standard InChI is InChI=1S/C14H16N6O2S/c1-3-12-15-13(22-17-12)9-23-14-16-18-19-20(14)8-10-4-6-11(21-2)7-5-10/h4-7H,3,8-9H2,1-2H3. The van der Waals surface area contributed by atoms with Crippen LogP contribution in [0.3, 0.4) is 0 Å². The summed E-state index contributed by atoms with van der Waals surface area (Å²) in [6.45, 7) is 2.57. The van der Waals surface area contributed by atoms with E-state index in [2.05, 4.69) is 25.7 Å². The van der Waals surface area contributed by atoms with Crippen LogP contribution in [0, 0.1) is 0 Å². The highest BCUT2D eigenvalue weighted by Gasteiger charge is 2.11. The van der Waals surface area contributed by atoms with Crippen molar-refractivity contribution in [1.82, 2.24) is 30.3 Å². The number of thioether (sulfide) groups is 1. The molecular weight excluding hydrogens is 316 g/mol. The number of tetrazole rings is 1. The van der Waals surface area contributed by atoms with Gasteiger partial charge in [0.05, 0.1) is 19.4 Å². The van der Waals surface area contributed by atoms with E-state index in [9.17, 15) is 0 Å². The molecule has 0 fully saturated rings. The molecule has 0 aliphatic heterocycles. The van der Waals surface area contributed by atoms with Crippen LogP contribution in [-0.2, 0) is 18.7 Å². The van der Waals surface area contributed by atoms with Crippen LogP contribution in [0.15, 0.2) is 33.9 Å². The largest absolute Gasteiger partial charge is 0.497 e. The predicted molar refractivity (Wildman–Crippen MR) is 83.2 cm³/mol. The molecule has 0 saturated carbocycles. The van der Waals surface area contributed by atoms with E-state index in [0.717, 1.165) is 17.7 Å². The number of hydrogen-bond donors (Lipinski definition) is 0. The number of aromatic nitrogens is 6. The van der Waals surface area contributed by atoms with Crippen LogP contribution in [0.1, 0.15) is 24.2 Å². The Labute approximate surface area is 137 Å². The summed E-state index contributed by atoms with van der Waals surface area (Å²) < 4.78 is 12.1. The van der Waals surface area contributed by atoms with Crippen molar-refractivity contribution >= 4 is 11.8 Å². The molecule has 2 aromatic heterocycles. The molecule has 9 heteroatoms. The van der Waals surface area contributed by atoms with Crippen molar-refractivity contribution in [1.29, 1.82) is 0 Å². The van der Waals surface area contributed by atoms with E-state index in [1.54, 1.807) is 11.8 Å². The quantitative estimate of drug-likeness (QED) is 0.606. The van der Waals surface area contributed by atoms with Crippen molar-refractivity contribution in [3.63, 3.8) is 0 Å². The van der Waals surface area contributed by atoms with Gasteiger partial charge in [-0.1, -0.05) is 36.0 Å². The van der Waals surface area contributed by atoms with Gasteiger partial charge < -0.3 is 9.26 Å². The second kappa shape index (κ2) is 7.23. The van der Waals surface area contributed by atoms with Crippen molar-refractivity contribution < 1.29 is 9.26 Å². The van der Waals surface area contributed by atoms with Crippen molar-refractivity contribution in [2.24, 2.45) is 0 Å². The summed E-state index contributed by atoms with van der Waals surface area (Å²) in [7, 11) is 1.65. The monoisotopic (exact) mass is 332 g/mol. The fourth-order valence-corrected chi connectivity index (χ4v) is 2.64. The van der Waals surface area contributed by atoms with E-state index in [4.69, 9.17) is 9.26 Å². The number of ether oxygens (including phenoxy) is 1. The molecule has 120 valence electrons. The molecule has 0 radical (unpaired) electrons. The van der Waals surface area contributed by atoms with Crippen molar-refractivity contribution in [2.45, 2.75) is 30.8 Å². The van der Waals surface area contributed by atoms with Gasteiger partial charge >= 0.3 is 0 Å². The molecule has 0 bridgehead atoms. The summed E-state index contributed by atoms with van der Waals surface area (Å²) in [5.41, 5.74) is 1.09. The van der Waals surface area contributed by atoms with Crippen molar-refractivity contribution in [2.75, 3.05) is 7.11 Å². The van der Waals surface area contributed by atoms with Gasteiger partial charge in [-0.15, -0.1) is 5.10 Å². The first-order chi connectivity index (χ1) is 11.3. The summed E-state index contributed by atoms with van der Waals surface area (Å²) in [4.78, 5) is 4.27. The first-order valence-corrected chi connectivity index (χ1v) is 8.10. The van der Waals surface area contributed by atoms with Gasteiger partial charge in [0.2, 0.25) is 11.0 Å². The van der Waals surface area contributed by atoms with Gasteiger partial charge in [-0.25, -0.2) is 4.68 Å². The highest BCUT2D eigenvalue weighted by Crippen LogP contribution is 2.20. The molecule has 0 spiro atoms. The van der Waals surface area contributed by atoms with Gasteiger partial charge in [-0.2, -0.15) is 4.98 Å². The Morgan fingerprint density at radius 1 is 1.26 bits per heavy atom. The Balaban J connectivity index is 1.64. The Kier molecular flexibility index (Phi) is 4.86. The molecule has 0 saturated heterocycles. The van der Waals surface area contributed by atoms with Crippen LogP contribution >= 0.6 is 11.8 Å². The molecule has 0 aliphatic carbocycles. The van der Waals surface area contributed by atoms with Crippen molar-refractivity contribution in [3.05, 3.63) is 41.5 Å². The molecule has 0 aliphatic rings. The number of aryl methyl sites for hydroxylation is 1. The summed E-state index contributed by atoms with van der Waals surface area (Å²) in [6, 6.07) is 7.80. The zero-order valence-corrected chi connectivity index (χ0v) is 13.7. The normalized spacial score (nSPS) is 10.9. The van der Waals surface area contributed by atoms with Gasteiger partial charge in [0.1, 0.15) is 5.75 Å². The maximum atomic E-state index is 5.16. The average Bonchev–Trinajstić information content (AvgIpc) is 3.22. The molecule has 3 aromatic rings. The van der Waals surface area contributed by atoms with Crippen LogP contribution in [0.5, 0.6) is 5.75 Å². The third-order valence-corrected chi connectivity index (χ3v) is 4.08. The fourth-order valence-electron chi connectivity index (χ4n) is 1.92. The zero-order valence-electron chi connectivity index (χ0n) is 12.8. The highest BCUT2D eigenvalue weighted by molar-refractivity contribution is 7.98. The summed E-state index contributed by atoms with van der Waals surface area (Å²) >= 11 is 1.46. The molecule has 23 heavy (non-hydrogen) atoms. The van der Waals surface area contributed by atoms with Gasteiger partial charge in [0.25, 0.3) is 0 Å². The molecule has 2 heterocycles. The van der Waals surface area contributed by atoms with Crippen LogP contribution < -0.4 is 4.74 Å². The van der Waals surface area contributed by atoms with E-state index in [0.29, 0.717) is 29.2 Å². The smallest absolute Gasteiger partial charge is 0.237 e. The van der Waals surface area contributed by atoms with Crippen molar-refractivity contribution in [3.8, 4) is 5.75 Å². The van der Waals surface area contributed by atoms with Crippen LogP contribution in [0.2, 0.25) is 0 Å². The first-order valence-electron chi connectivity index (χ1n) is 7.12. The van der Waals surface area contributed by atoms with E-state index < -0.39 is 0 Å². The van der Waals surface area contributed by atoms with E-state index in [-0.39, 0.29) is 0 Å². The van der Waals surface area contributed by atoms with Crippen LogP contribution in [0.25, 0.3) is 0 Å². The lowest BCUT2D eigenvalue weighted by Gasteiger charge is -2.05. The number of nitrogens with zero attached hydrogens (tertiary/aromatic N) is 6. The molecule has 0 N–H and O–H groups in total. The lowest BCUT2D eigenvalue weighted by Crippen LogP contribution is -2.04. The molecule has 8 nitrogen and oxygen atoms in total. The third-order valence-electron chi connectivity index (χ3n) is 3.14. The number of hydrogen-bond acceptors (Lipinski definition) is 8. The predicted octanol–water partition coefficient (Wildman–Crippen LogP) is 1.97.